The normalized spacial score (nSPS) is 21.7. The van der Waals surface area contributed by atoms with Gasteiger partial charge in [0, 0.05) is 45.2 Å². The van der Waals surface area contributed by atoms with Gasteiger partial charge < -0.3 is 19.2 Å². The van der Waals surface area contributed by atoms with Gasteiger partial charge in [-0.15, -0.1) is 0 Å². The molecule has 0 bridgehead atoms. The highest BCUT2D eigenvalue weighted by Gasteiger charge is 2.43. The lowest BCUT2D eigenvalue weighted by atomic mass is 9.67. The van der Waals surface area contributed by atoms with E-state index < -0.39 is 0 Å². The summed E-state index contributed by atoms with van der Waals surface area (Å²) in [5.74, 6) is 1.33. The molecule has 13 rings (SSSR count). The second kappa shape index (κ2) is 11.7. The van der Waals surface area contributed by atoms with E-state index >= 15 is 0 Å². The number of allylic oxidation sites excluding steroid dienone is 3. The number of nitrogens with zero attached hydrogens (tertiary/aromatic N) is 3. The number of hydrogen-bond donors (Lipinski definition) is 1. The molecule has 0 saturated heterocycles. The Labute approximate surface area is 330 Å². The number of fused-ring (bicyclic) bond motifs is 14. The maximum Gasteiger partial charge on any atom is 0.145 e. The highest BCUT2D eigenvalue weighted by molar-refractivity contribution is 6.12. The predicted octanol–water partition coefficient (Wildman–Crippen LogP) is 11.9. The Bertz CT molecular complexity index is 3100. The van der Waals surface area contributed by atoms with Crippen LogP contribution < -0.4 is 10.1 Å². The van der Waals surface area contributed by atoms with Gasteiger partial charge in [0.05, 0.1) is 39.6 Å². The van der Waals surface area contributed by atoms with Crippen molar-refractivity contribution in [1.82, 2.24) is 9.13 Å². The lowest BCUT2D eigenvalue weighted by Gasteiger charge is -2.37. The van der Waals surface area contributed by atoms with Crippen LogP contribution in [-0.2, 0) is 0 Å². The average Bonchev–Trinajstić information content (AvgIpc) is 3.81. The first-order chi connectivity index (χ1) is 28.3. The monoisotopic (exact) mass is 732 g/mol. The van der Waals surface area contributed by atoms with Gasteiger partial charge in [0.25, 0.3) is 0 Å². The molecule has 6 aromatic carbocycles. The third-order valence-electron chi connectivity index (χ3n) is 12.9. The number of anilines is 1. The minimum Gasteiger partial charge on any atom is -0.485 e. The van der Waals surface area contributed by atoms with Crippen LogP contribution in [0.5, 0.6) is 5.75 Å². The van der Waals surface area contributed by atoms with Crippen molar-refractivity contribution >= 4 is 39.3 Å². The summed E-state index contributed by atoms with van der Waals surface area (Å²) >= 11 is 0. The first-order valence-corrected chi connectivity index (χ1v) is 20.0. The SMILES string of the molecule is C1=CC2Oc3cccc4c3C(=NC(c3ccc(-n5c6c(c7ccccc75)C5c7c(n(-c8ccccc8)c8ccccc78)-c7ccccc7C5C=C6)cc3)N4)C2C=C1. The van der Waals surface area contributed by atoms with E-state index in [1.54, 1.807) is 0 Å². The Kier molecular flexibility index (Phi) is 6.39. The average molecular weight is 733 g/mol. The van der Waals surface area contributed by atoms with Crippen LogP contribution in [-0.4, -0.2) is 20.9 Å². The molecular formula is C52H36N4O. The molecular weight excluding hydrogens is 697 g/mol. The highest BCUT2D eigenvalue weighted by atomic mass is 16.5. The summed E-state index contributed by atoms with van der Waals surface area (Å²) in [7, 11) is 0. The molecule has 0 spiro atoms. The highest BCUT2D eigenvalue weighted by Crippen LogP contribution is 2.58. The maximum atomic E-state index is 6.41. The Morgan fingerprint density at radius 2 is 1.30 bits per heavy atom. The minimum absolute atomic E-state index is 0.0397. The summed E-state index contributed by atoms with van der Waals surface area (Å²) in [6, 6.07) is 53.2. The minimum atomic E-state index is -0.200. The molecule has 270 valence electrons. The zero-order valence-corrected chi connectivity index (χ0v) is 31.0. The van der Waals surface area contributed by atoms with Crippen molar-refractivity contribution in [1.29, 1.82) is 0 Å². The first-order valence-electron chi connectivity index (χ1n) is 20.0. The van der Waals surface area contributed by atoms with Crippen LogP contribution in [0.25, 0.3) is 50.5 Å². The molecule has 3 aliphatic carbocycles. The number of para-hydroxylation sites is 3. The van der Waals surface area contributed by atoms with Crippen molar-refractivity contribution in [3.8, 4) is 28.4 Å². The van der Waals surface area contributed by atoms with Gasteiger partial charge in [0.15, 0.2) is 0 Å². The van der Waals surface area contributed by atoms with Gasteiger partial charge in [-0.1, -0.05) is 121 Å². The van der Waals surface area contributed by atoms with E-state index in [0.717, 1.165) is 34.0 Å². The molecule has 2 aromatic heterocycles. The number of nitrogens with one attached hydrogen (secondary N) is 1. The van der Waals surface area contributed by atoms with E-state index in [0.29, 0.717) is 0 Å². The lowest BCUT2D eigenvalue weighted by Crippen LogP contribution is -2.39. The largest absolute Gasteiger partial charge is 0.485 e. The van der Waals surface area contributed by atoms with E-state index in [4.69, 9.17) is 9.73 Å². The zero-order valence-electron chi connectivity index (χ0n) is 31.0. The number of benzene rings is 6. The Morgan fingerprint density at radius 1 is 0.579 bits per heavy atom. The van der Waals surface area contributed by atoms with Crippen LogP contribution in [0, 0.1) is 5.92 Å². The number of ether oxygens (including phenoxy) is 1. The van der Waals surface area contributed by atoms with Crippen molar-refractivity contribution < 1.29 is 4.74 Å². The zero-order chi connectivity index (χ0) is 37.2. The fraction of sp³-hybridized carbons (Fsp3) is 0.0962. The van der Waals surface area contributed by atoms with Crippen LogP contribution in [0.1, 0.15) is 51.5 Å². The Balaban J connectivity index is 0.976. The summed E-state index contributed by atoms with van der Waals surface area (Å²) in [5, 5.41) is 6.34. The van der Waals surface area contributed by atoms with Gasteiger partial charge in [0.1, 0.15) is 18.0 Å². The summed E-state index contributed by atoms with van der Waals surface area (Å²) in [5.41, 5.74) is 17.2. The summed E-state index contributed by atoms with van der Waals surface area (Å²) < 4.78 is 11.4. The van der Waals surface area contributed by atoms with E-state index in [2.05, 4.69) is 196 Å². The number of aliphatic imine (C=N–C) groups is 1. The second-order valence-electron chi connectivity index (χ2n) is 15.8. The van der Waals surface area contributed by atoms with E-state index in [-0.39, 0.29) is 30.0 Å². The molecule has 5 unspecified atom stereocenters. The van der Waals surface area contributed by atoms with Gasteiger partial charge in [-0.3, -0.25) is 4.99 Å². The van der Waals surface area contributed by atoms with E-state index in [9.17, 15) is 0 Å². The smallest absolute Gasteiger partial charge is 0.145 e. The van der Waals surface area contributed by atoms with Crippen LogP contribution >= 0.6 is 0 Å². The van der Waals surface area contributed by atoms with E-state index in [1.807, 2.05) is 0 Å². The van der Waals surface area contributed by atoms with Crippen molar-refractivity contribution in [2.75, 3.05) is 5.32 Å². The number of rotatable bonds is 3. The third kappa shape index (κ3) is 4.31. The molecule has 5 aliphatic rings. The van der Waals surface area contributed by atoms with Crippen molar-refractivity contribution in [2.24, 2.45) is 10.9 Å². The molecule has 0 amide bonds. The molecule has 57 heavy (non-hydrogen) atoms. The van der Waals surface area contributed by atoms with Crippen molar-refractivity contribution in [2.45, 2.75) is 24.1 Å². The maximum absolute atomic E-state index is 6.41. The number of aromatic nitrogens is 2. The van der Waals surface area contributed by atoms with Crippen LogP contribution in [0.4, 0.5) is 5.69 Å². The van der Waals surface area contributed by atoms with Crippen molar-refractivity contribution in [3.05, 3.63) is 209 Å². The van der Waals surface area contributed by atoms with E-state index in [1.165, 1.54) is 61.1 Å². The molecule has 0 saturated carbocycles. The number of hydrogen-bond acceptors (Lipinski definition) is 3. The molecule has 0 radical (unpaired) electrons. The first kappa shape index (κ1) is 31.1. The molecule has 5 heteroatoms. The second-order valence-corrected chi connectivity index (χ2v) is 15.8. The van der Waals surface area contributed by atoms with Gasteiger partial charge >= 0.3 is 0 Å². The van der Waals surface area contributed by atoms with Crippen molar-refractivity contribution in [3.63, 3.8) is 0 Å². The molecule has 4 heterocycles. The van der Waals surface area contributed by atoms with Crippen LogP contribution in [0.3, 0.4) is 0 Å². The quantitative estimate of drug-likeness (QED) is 0.197. The Morgan fingerprint density at radius 3 is 2.16 bits per heavy atom. The molecule has 0 fully saturated rings. The molecule has 5 atom stereocenters. The summed E-state index contributed by atoms with van der Waals surface area (Å²) in [6.45, 7) is 0. The van der Waals surface area contributed by atoms with Gasteiger partial charge in [-0.05, 0) is 82.9 Å². The lowest BCUT2D eigenvalue weighted by molar-refractivity contribution is 0.219. The van der Waals surface area contributed by atoms with Crippen LogP contribution in [0.2, 0.25) is 0 Å². The summed E-state index contributed by atoms with van der Waals surface area (Å²) in [4.78, 5) is 5.37. The van der Waals surface area contributed by atoms with Gasteiger partial charge in [-0.25, -0.2) is 0 Å². The van der Waals surface area contributed by atoms with Gasteiger partial charge in [-0.2, -0.15) is 0 Å². The standard InChI is InChI=1S/C52H36N4O/c1-2-13-32(14-3-1)56-42-22-10-7-18-38(42)48-47-35(34-15-4-5-16-36(34)51(48)56)29-30-43-46(47)37-17-6-9-21-41(37)55(43)33-27-25-31(26-28-33)52-53-40-20-12-24-45-49(40)50(54-52)39-19-8-11-23-44(39)57-45/h1-30,35,39,44,47,52-53H. The Hall–Kier alpha value is -7.11. The predicted molar refractivity (Wildman–Crippen MR) is 231 cm³/mol. The fourth-order valence-corrected chi connectivity index (χ4v) is 10.5. The van der Waals surface area contributed by atoms with Gasteiger partial charge in [0.2, 0.25) is 0 Å². The molecule has 5 nitrogen and oxygen atoms in total. The third-order valence-corrected chi connectivity index (χ3v) is 12.9. The molecule has 8 aromatic rings. The molecule has 1 N–H and O–H groups in total. The molecule has 2 aliphatic heterocycles. The topological polar surface area (TPSA) is 43.5 Å². The van der Waals surface area contributed by atoms with Crippen LogP contribution in [0.15, 0.2) is 181 Å². The summed E-state index contributed by atoms with van der Waals surface area (Å²) in [6.07, 6.45) is 13.2. The fourth-order valence-electron chi connectivity index (χ4n) is 10.5.